The number of amides is 1. The lowest BCUT2D eigenvalue weighted by molar-refractivity contribution is -0.207. The molecule has 7 heteroatoms. The summed E-state index contributed by atoms with van der Waals surface area (Å²) < 4.78 is 41.5. The molecular formula is C10H16F3NO3. The number of likely N-dealkylation sites (N-methyl/N-ethyl adjacent to an activating group) is 1. The summed E-state index contributed by atoms with van der Waals surface area (Å²) in [5.41, 5.74) is 0. The Kier molecular flexibility index (Phi) is 4.37. The van der Waals surface area contributed by atoms with Crippen LogP contribution in [0.3, 0.4) is 0 Å². The van der Waals surface area contributed by atoms with Gasteiger partial charge in [-0.25, -0.2) is 0 Å². The van der Waals surface area contributed by atoms with Gasteiger partial charge in [0.05, 0.1) is 18.6 Å². The number of carbonyl (C=O) groups is 1. The van der Waals surface area contributed by atoms with E-state index in [0.717, 1.165) is 4.90 Å². The van der Waals surface area contributed by atoms with E-state index >= 15 is 0 Å². The van der Waals surface area contributed by atoms with Crippen LogP contribution in [0.15, 0.2) is 0 Å². The third kappa shape index (κ3) is 3.57. The van der Waals surface area contributed by atoms with Crippen molar-refractivity contribution in [1.29, 1.82) is 0 Å². The second-order valence-electron chi connectivity index (χ2n) is 4.25. The third-order valence-electron chi connectivity index (χ3n) is 2.89. The normalized spacial score (nSPS) is 26.9. The van der Waals surface area contributed by atoms with Gasteiger partial charge in [0.1, 0.15) is 0 Å². The molecule has 1 aliphatic heterocycles. The van der Waals surface area contributed by atoms with E-state index in [1.54, 1.807) is 6.92 Å². The molecule has 4 nitrogen and oxygen atoms in total. The molecule has 0 aromatic carbocycles. The first-order chi connectivity index (χ1) is 7.73. The van der Waals surface area contributed by atoms with E-state index in [-0.39, 0.29) is 6.10 Å². The van der Waals surface area contributed by atoms with Crippen molar-refractivity contribution in [3.05, 3.63) is 0 Å². The van der Waals surface area contributed by atoms with E-state index in [9.17, 15) is 18.0 Å². The van der Waals surface area contributed by atoms with E-state index in [1.807, 2.05) is 0 Å². The highest BCUT2D eigenvalue weighted by Crippen LogP contribution is 2.24. The number of ether oxygens (including phenoxy) is 1. The first kappa shape index (κ1) is 14.2. The summed E-state index contributed by atoms with van der Waals surface area (Å²) in [6.45, 7) is 1.41. The molecule has 0 saturated carbocycles. The molecule has 1 N–H and O–H groups in total. The average molecular weight is 255 g/mol. The molecule has 0 unspecified atom stereocenters. The Balaban J connectivity index is 2.52. The van der Waals surface area contributed by atoms with E-state index in [2.05, 4.69) is 0 Å². The number of aliphatic hydroxyl groups excluding tert-OH is 1. The Labute approximate surface area is 97.3 Å². The number of halogens is 3. The lowest BCUT2D eigenvalue weighted by Crippen LogP contribution is -2.44. The zero-order chi connectivity index (χ0) is 13.2. The van der Waals surface area contributed by atoms with Gasteiger partial charge >= 0.3 is 6.18 Å². The second-order valence-corrected chi connectivity index (χ2v) is 4.25. The largest absolute Gasteiger partial charge is 0.416 e. The molecular weight excluding hydrogens is 239 g/mol. The zero-order valence-corrected chi connectivity index (χ0v) is 9.70. The minimum Gasteiger partial charge on any atom is -0.382 e. The van der Waals surface area contributed by atoms with E-state index in [4.69, 9.17) is 9.84 Å². The molecule has 3 atom stereocenters. The Bertz CT molecular complexity index is 282. The maximum Gasteiger partial charge on any atom is 0.416 e. The van der Waals surface area contributed by atoms with Gasteiger partial charge in [0, 0.05) is 13.7 Å². The predicted octanol–water partition coefficient (Wildman–Crippen LogP) is 0.793. The summed E-state index contributed by atoms with van der Waals surface area (Å²) in [6.07, 6.45) is -6.99. The van der Waals surface area contributed by atoms with Crippen molar-refractivity contribution >= 4 is 5.91 Å². The number of alkyl halides is 3. The molecule has 100 valence electrons. The van der Waals surface area contributed by atoms with Crippen molar-refractivity contribution in [2.24, 2.45) is 5.92 Å². The molecule has 1 heterocycles. The van der Waals surface area contributed by atoms with Gasteiger partial charge in [-0.3, -0.25) is 4.79 Å². The van der Waals surface area contributed by atoms with Crippen LogP contribution in [0.2, 0.25) is 0 Å². The molecule has 1 fully saturated rings. The number of rotatable bonds is 3. The molecule has 0 spiro atoms. The van der Waals surface area contributed by atoms with Crippen molar-refractivity contribution in [2.45, 2.75) is 31.7 Å². The first-order valence-electron chi connectivity index (χ1n) is 5.35. The lowest BCUT2D eigenvalue weighted by atomic mass is 10.0. The summed E-state index contributed by atoms with van der Waals surface area (Å²) >= 11 is 0. The maximum atomic E-state index is 12.1. The Morgan fingerprint density at radius 2 is 2.18 bits per heavy atom. The number of aliphatic hydroxyl groups is 1. The molecule has 1 amide bonds. The van der Waals surface area contributed by atoms with Gasteiger partial charge in [0.15, 0.2) is 6.10 Å². The van der Waals surface area contributed by atoms with Gasteiger partial charge in [-0.1, -0.05) is 0 Å². The SMILES string of the molecule is C[C@@H]1OCC[C@H]1C(=O)N(C)C[C@@H](O)C(F)(F)F. The molecule has 1 aliphatic rings. The average Bonchev–Trinajstić information content (AvgIpc) is 2.61. The molecule has 1 rings (SSSR count). The van der Waals surface area contributed by atoms with Crippen molar-refractivity contribution in [1.82, 2.24) is 4.90 Å². The highest BCUT2D eigenvalue weighted by Gasteiger charge is 2.41. The summed E-state index contributed by atoms with van der Waals surface area (Å²) in [5, 5.41) is 8.86. The minimum atomic E-state index is -4.70. The van der Waals surface area contributed by atoms with Crippen LogP contribution in [0.1, 0.15) is 13.3 Å². The standard InChI is InChI=1S/C10H16F3NO3/c1-6-7(3-4-17-6)9(16)14(2)5-8(15)10(11,12)13/h6-8,15H,3-5H2,1-2H3/t6-,7+,8+/m0/s1. The first-order valence-corrected chi connectivity index (χ1v) is 5.35. The van der Waals surface area contributed by atoms with Crippen molar-refractivity contribution in [3.63, 3.8) is 0 Å². The fourth-order valence-electron chi connectivity index (χ4n) is 1.79. The second kappa shape index (κ2) is 5.22. The quantitative estimate of drug-likeness (QED) is 0.811. The van der Waals surface area contributed by atoms with Crippen molar-refractivity contribution in [2.75, 3.05) is 20.2 Å². The monoisotopic (exact) mass is 255 g/mol. The van der Waals surface area contributed by atoms with Gasteiger partial charge < -0.3 is 14.7 Å². The van der Waals surface area contributed by atoms with Crippen LogP contribution in [-0.2, 0) is 9.53 Å². The summed E-state index contributed by atoms with van der Waals surface area (Å²) in [4.78, 5) is 12.7. The molecule has 17 heavy (non-hydrogen) atoms. The minimum absolute atomic E-state index is 0.284. The fourth-order valence-corrected chi connectivity index (χ4v) is 1.79. The smallest absolute Gasteiger partial charge is 0.382 e. The van der Waals surface area contributed by atoms with Crippen LogP contribution >= 0.6 is 0 Å². The van der Waals surface area contributed by atoms with Crippen LogP contribution in [0.25, 0.3) is 0 Å². The Morgan fingerprint density at radius 3 is 2.59 bits per heavy atom. The molecule has 0 aromatic heterocycles. The highest BCUT2D eigenvalue weighted by atomic mass is 19.4. The Hall–Kier alpha value is -0.820. The number of hydrogen-bond donors (Lipinski definition) is 1. The third-order valence-corrected chi connectivity index (χ3v) is 2.89. The predicted molar refractivity (Wildman–Crippen MR) is 53.2 cm³/mol. The van der Waals surface area contributed by atoms with Gasteiger partial charge in [-0.05, 0) is 13.3 Å². The number of hydrogen-bond acceptors (Lipinski definition) is 3. The van der Waals surface area contributed by atoms with Gasteiger partial charge in [-0.15, -0.1) is 0 Å². The molecule has 0 radical (unpaired) electrons. The van der Waals surface area contributed by atoms with E-state index in [0.29, 0.717) is 13.0 Å². The van der Waals surface area contributed by atoms with E-state index in [1.165, 1.54) is 7.05 Å². The van der Waals surface area contributed by atoms with Gasteiger partial charge in [-0.2, -0.15) is 13.2 Å². The van der Waals surface area contributed by atoms with E-state index < -0.39 is 30.7 Å². The summed E-state index contributed by atoms with van der Waals surface area (Å²) in [7, 11) is 1.25. The summed E-state index contributed by atoms with van der Waals surface area (Å²) in [6, 6.07) is 0. The van der Waals surface area contributed by atoms with Crippen LogP contribution in [-0.4, -0.2) is 54.5 Å². The zero-order valence-electron chi connectivity index (χ0n) is 9.70. The topological polar surface area (TPSA) is 49.8 Å². The summed E-state index contributed by atoms with van der Waals surface area (Å²) in [5.74, 6) is -0.835. The number of carbonyl (C=O) groups excluding carboxylic acids is 1. The lowest BCUT2D eigenvalue weighted by Gasteiger charge is -2.25. The van der Waals surface area contributed by atoms with Gasteiger partial charge in [0.2, 0.25) is 5.91 Å². The molecule has 0 aliphatic carbocycles. The number of nitrogens with zero attached hydrogens (tertiary/aromatic N) is 1. The van der Waals surface area contributed by atoms with Crippen LogP contribution < -0.4 is 0 Å². The van der Waals surface area contributed by atoms with Gasteiger partial charge in [0.25, 0.3) is 0 Å². The molecule has 1 saturated heterocycles. The Morgan fingerprint density at radius 1 is 1.59 bits per heavy atom. The highest BCUT2D eigenvalue weighted by molar-refractivity contribution is 5.79. The van der Waals surface area contributed by atoms with Crippen LogP contribution in [0.5, 0.6) is 0 Å². The maximum absolute atomic E-state index is 12.1. The molecule has 0 aromatic rings. The van der Waals surface area contributed by atoms with Crippen molar-refractivity contribution < 1.29 is 27.8 Å². The van der Waals surface area contributed by atoms with Crippen LogP contribution in [0.4, 0.5) is 13.2 Å². The molecule has 0 bridgehead atoms. The fraction of sp³-hybridized carbons (Fsp3) is 0.900. The van der Waals surface area contributed by atoms with Crippen molar-refractivity contribution in [3.8, 4) is 0 Å². The van der Waals surface area contributed by atoms with Crippen LogP contribution in [0, 0.1) is 5.92 Å².